The Hall–Kier alpha value is -1.22. The van der Waals surface area contributed by atoms with Crippen LogP contribution in [0.5, 0.6) is 0 Å². The average molecular weight is 177 g/mol. The second-order valence-corrected chi connectivity index (χ2v) is 3.72. The molecule has 70 valence electrons. The molecule has 1 aromatic rings. The molecule has 13 heavy (non-hydrogen) atoms. The van der Waals surface area contributed by atoms with Crippen LogP contribution in [-0.4, -0.2) is 5.66 Å². The van der Waals surface area contributed by atoms with Crippen molar-refractivity contribution in [1.29, 1.82) is 0 Å². The monoisotopic (exact) mass is 177 g/mol. The molecule has 0 atom stereocenters. The van der Waals surface area contributed by atoms with Crippen molar-refractivity contribution >= 4 is 11.4 Å². The first-order chi connectivity index (χ1) is 6.20. The summed E-state index contributed by atoms with van der Waals surface area (Å²) >= 11 is 0. The Bertz CT molecular complexity index is 305. The van der Waals surface area contributed by atoms with E-state index >= 15 is 0 Å². The Labute approximate surface area is 78.1 Å². The van der Waals surface area contributed by atoms with E-state index in [0.29, 0.717) is 0 Å². The van der Waals surface area contributed by atoms with Crippen molar-refractivity contribution in [3.05, 3.63) is 24.3 Å². The molecule has 1 aliphatic rings. The minimum absolute atomic E-state index is 0.213. The highest BCUT2D eigenvalue weighted by Gasteiger charge is 2.32. The highest BCUT2D eigenvalue weighted by atomic mass is 15.1. The van der Waals surface area contributed by atoms with Gasteiger partial charge in [0.15, 0.2) is 0 Å². The molecule has 1 saturated carbocycles. The highest BCUT2D eigenvalue weighted by molar-refractivity contribution is 5.66. The topological polar surface area (TPSA) is 64.1 Å². The molecule has 1 aliphatic carbocycles. The number of hydrogen-bond donors (Lipinski definition) is 3. The number of para-hydroxylation sites is 2. The summed E-state index contributed by atoms with van der Waals surface area (Å²) in [4.78, 5) is 0. The van der Waals surface area contributed by atoms with Gasteiger partial charge in [-0.25, -0.2) is 0 Å². The summed E-state index contributed by atoms with van der Waals surface area (Å²) in [5.74, 6) is 0. The molecule has 0 amide bonds. The van der Waals surface area contributed by atoms with Crippen molar-refractivity contribution in [1.82, 2.24) is 0 Å². The molecule has 2 rings (SSSR count). The van der Waals surface area contributed by atoms with Gasteiger partial charge >= 0.3 is 0 Å². The zero-order chi connectivity index (χ0) is 9.31. The fraction of sp³-hybridized carbons (Fsp3) is 0.400. The Morgan fingerprint density at radius 1 is 1.23 bits per heavy atom. The van der Waals surface area contributed by atoms with Crippen molar-refractivity contribution in [2.75, 3.05) is 11.1 Å². The second kappa shape index (κ2) is 2.92. The molecule has 0 unspecified atom stereocenters. The van der Waals surface area contributed by atoms with Gasteiger partial charge in [0.1, 0.15) is 0 Å². The van der Waals surface area contributed by atoms with Crippen LogP contribution in [0.15, 0.2) is 24.3 Å². The lowest BCUT2D eigenvalue weighted by molar-refractivity contribution is 0.289. The predicted octanol–water partition coefficient (Wildman–Crippen LogP) is 1.52. The lowest BCUT2D eigenvalue weighted by Crippen LogP contribution is -2.53. The lowest BCUT2D eigenvalue weighted by atomic mass is 9.85. The molecule has 0 spiro atoms. The Kier molecular flexibility index (Phi) is 1.88. The number of rotatable bonds is 2. The van der Waals surface area contributed by atoms with Crippen LogP contribution < -0.4 is 16.8 Å². The zero-order valence-corrected chi connectivity index (χ0v) is 7.59. The van der Waals surface area contributed by atoms with E-state index in [9.17, 15) is 0 Å². The maximum Gasteiger partial charge on any atom is 0.0857 e. The van der Waals surface area contributed by atoms with Crippen molar-refractivity contribution in [3.8, 4) is 0 Å². The largest absolute Gasteiger partial charge is 0.397 e. The third kappa shape index (κ3) is 1.60. The molecule has 0 aromatic heterocycles. The van der Waals surface area contributed by atoms with Gasteiger partial charge in [0.2, 0.25) is 0 Å². The maximum absolute atomic E-state index is 6.04. The summed E-state index contributed by atoms with van der Waals surface area (Å²) in [5.41, 5.74) is 13.3. The van der Waals surface area contributed by atoms with Gasteiger partial charge in [0.05, 0.1) is 17.0 Å². The number of nitrogen functional groups attached to an aromatic ring is 1. The first-order valence-electron chi connectivity index (χ1n) is 4.61. The molecule has 0 radical (unpaired) electrons. The fourth-order valence-corrected chi connectivity index (χ4v) is 1.56. The van der Waals surface area contributed by atoms with Crippen LogP contribution in [0.2, 0.25) is 0 Å². The van der Waals surface area contributed by atoms with Crippen molar-refractivity contribution in [3.63, 3.8) is 0 Å². The standard InChI is InChI=1S/C10H15N3/c11-8-4-1-2-5-9(8)13-10(12)6-3-7-10/h1-2,4-5,13H,3,6-7,11-12H2. The molecule has 0 saturated heterocycles. The quantitative estimate of drug-likeness (QED) is 0.474. The summed E-state index contributed by atoms with van der Waals surface area (Å²) in [5, 5.41) is 3.28. The van der Waals surface area contributed by atoms with Crippen molar-refractivity contribution in [2.24, 2.45) is 5.73 Å². The van der Waals surface area contributed by atoms with E-state index in [4.69, 9.17) is 11.5 Å². The third-order valence-electron chi connectivity index (χ3n) is 2.59. The van der Waals surface area contributed by atoms with Crippen LogP contribution in [0.4, 0.5) is 11.4 Å². The van der Waals surface area contributed by atoms with Crippen LogP contribution >= 0.6 is 0 Å². The first-order valence-corrected chi connectivity index (χ1v) is 4.61. The SMILES string of the molecule is Nc1ccccc1NC1(N)CCC1. The van der Waals surface area contributed by atoms with Gasteiger partial charge < -0.3 is 16.8 Å². The van der Waals surface area contributed by atoms with E-state index < -0.39 is 0 Å². The minimum Gasteiger partial charge on any atom is -0.397 e. The lowest BCUT2D eigenvalue weighted by Gasteiger charge is -2.39. The van der Waals surface area contributed by atoms with Gasteiger partial charge in [-0.15, -0.1) is 0 Å². The summed E-state index contributed by atoms with van der Waals surface area (Å²) in [6.45, 7) is 0. The first kappa shape index (κ1) is 8.38. The van der Waals surface area contributed by atoms with E-state index in [1.807, 2.05) is 24.3 Å². The van der Waals surface area contributed by atoms with E-state index in [1.54, 1.807) is 0 Å². The van der Waals surface area contributed by atoms with Crippen LogP contribution in [0, 0.1) is 0 Å². The summed E-state index contributed by atoms with van der Waals surface area (Å²) < 4.78 is 0. The van der Waals surface area contributed by atoms with Crippen LogP contribution in [0.3, 0.4) is 0 Å². The average Bonchev–Trinajstić information content (AvgIpc) is 2.06. The van der Waals surface area contributed by atoms with Gasteiger partial charge in [-0.2, -0.15) is 0 Å². The Morgan fingerprint density at radius 3 is 2.46 bits per heavy atom. The van der Waals surface area contributed by atoms with Crippen LogP contribution in [0.25, 0.3) is 0 Å². The predicted molar refractivity (Wildman–Crippen MR) is 55.2 cm³/mol. The third-order valence-corrected chi connectivity index (χ3v) is 2.59. The number of nitrogens with one attached hydrogen (secondary N) is 1. The smallest absolute Gasteiger partial charge is 0.0857 e. The van der Waals surface area contributed by atoms with E-state index in [1.165, 1.54) is 6.42 Å². The molecular formula is C10H15N3. The Morgan fingerprint density at radius 2 is 1.92 bits per heavy atom. The van der Waals surface area contributed by atoms with E-state index in [0.717, 1.165) is 24.2 Å². The molecule has 5 N–H and O–H groups in total. The van der Waals surface area contributed by atoms with Crippen molar-refractivity contribution < 1.29 is 0 Å². The number of nitrogens with two attached hydrogens (primary N) is 2. The van der Waals surface area contributed by atoms with Crippen molar-refractivity contribution in [2.45, 2.75) is 24.9 Å². The van der Waals surface area contributed by atoms with Crippen LogP contribution in [-0.2, 0) is 0 Å². The van der Waals surface area contributed by atoms with Gasteiger partial charge in [-0.1, -0.05) is 12.1 Å². The van der Waals surface area contributed by atoms with Gasteiger partial charge in [0.25, 0.3) is 0 Å². The van der Waals surface area contributed by atoms with Crippen LogP contribution in [0.1, 0.15) is 19.3 Å². The minimum atomic E-state index is -0.213. The summed E-state index contributed by atoms with van der Waals surface area (Å²) in [7, 11) is 0. The Balaban J connectivity index is 2.13. The molecule has 3 nitrogen and oxygen atoms in total. The number of anilines is 2. The highest BCUT2D eigenvalue weighted by Crippen LogP contribution is 2.32. The number of hydrogen-bond acceptors (Lipinski definition) is 3. The molecule has 0 aliphatic heterocycles. The van der Waals surface area contributed by atoms with Gasteiger partial charge in [-0.3, -0.25) is 0 Å². The van der Waals surface area contributed by atoms with Gasteiger partial charge in [0, 0.05) is 0 Å². The molecular weight excluding hydrogens is 162 g/mol. The number of benzene rings is 1. The molecule has 1 aromatic carbocycles. The van der Waals surface area contributed by atoms with E-state index in [-0.39, 0.29) is 5.66 Å². The molecule has 0 heterocycles. The second-order valence-electron chi connectivity index (χ2n) is 3.72. The normalized spacial score (nSPS) is 19.2. The summed E-state index contributed by atoms with van der Waals surface area (Å²) in [6.07, 6.45) is 3.26. The molecule has 0 bridgehead atoms. The fourth-order valence-electron chi connectivity index (χ4n) is 1.56. The summed E-state index contributed by atoms with van der Waals surface area (Å²) in [6, 6.07) is 7.72. The van der Waals surface area contributed by atoms with Gasteiger partial charge in [-0.05, 0) is 31.4 Å². The van der Waals surface area contributed by atoms with E-state index in [2.05, 4.69) is 5.32 Å². The maximum atomic E-state index is 6.04. The zero-order valence-electron chi connectivity index (χ0n) is 7.59. The molecule has 3 heteroatoms. The molecule has 1 fully saturated rings.